The van der Waals surface area contributed by atoms with Crippen LogP contribution in [0.1, 0.15) is 41.9 Å². The first-order chi connectivity index (χ1) is 13.2. The van der Waals surface area contributed by atoms with Crippen molar-refractivity contribution in [3.8, 4) is 0 Å². The summed E-state index contributed by atoms with van der Waals surface area (Å²) in [5.74, 6) is 1.54. The maximum atomic E-state index is 12.5. The molecule has 2 aliphatic heterocycles. The quantitative estimate of drug-likeness (QED) is 0.828. The number of carbonyl (C=O) groups excluding carboxylic acids is 1. The van der Waals surface area contributed by atoms with E-state index in [1.807, 2.05) is 11.0 Å². The lowest BCUT2D eigenvalue weighted by molar-refractivity contribution is -0.126. The highest BCUT2D eigenvalue weighted by molar-refractivity contribution is 5.91. The number of nitrogens with zero attached hydrogens (tertiary/aromatic N) is 2. The van der Waals surface area contributed by atoms with E-state index in [0.717, 1.165) is 55.9 Å². The van der Waals surface area contributed by atoms with Gasteiger partial charge in [0.25, 0.3) is 0 Å². The lowest BCUT2D eigenvalue weighted by atomic mass is 9.89. The molecule has 0 bridgehead atoms. The number of pyridine rings is 1. The SMILES string of the molecule is C=C1CCc2cc(/C=C/C(=O)N3CCC(c4ccccc4)CC3)cnc2N1. The number of hydrogen-bond donors (Lipinski definition) is 1. The Bertz CT molecular complexity index is 864. The van der Waals surface area contributed by atoms with E-state index in [1.165, 1.54) is 11.1 Å². The molecular weight excluding hydrogens is 334 g/mol. The largest absolute Gasteiger partial charge is 0.344 e. The number of nitrogens with one attached hydrogen (secondary N) is 1. The minimum atomic E-state index is 0.0886. The molecule has 2 aliphatic rings. The molecule has 138 valence electrons. The van der Waals surface area contributed by atoms with Crippen LogP contribution in [0.3, 0.4) is 0 Å². The van der Waals surface area contributed by atoms with Gasteiger partial charge in [-0.05, 0) is 60.4 Å². The molecule has 27 heavy (non-hydrogen) atoms. The molecule has 4 nitrogen and oxygen atoms in total. The summed E-state index contributed by atoms with van der Waals surface area (Å²) in [4.78, 5) is 18.9. The van der Waals surface area contributed by atoms with Gasteiger partial charge in [0, 0.05) is 31.1 Å². The minimum Gasteiger partial charge on any atom is -0.344 e. The summed E-state index contributed by atoms with van der Waals surface area (Å²) in [6.07, 6.45) is 9.28. The zero-order valence-electron chi connectivity index (χ0n) is 15.5. The molecule has 1 N–H and O–H groups in total. The van der Waals surface area contributed by atoms with Crippen molar-refractivity contribution in [2.24, 2.45) is 0 Å². The van der Waals surface area contributed by atoms with Gasteiger partial charge in [0.1, 0.15) is 5.82 Å². The van der Waals surface area contributed by atoms with Crippen LogP contribution in [-0.4, -0.2) is 28.9 Å². The number of piperidine rings is 1. The Kier molecular flexibility index (Phi) is 5.05. The molecule has 4 rings (SSSR count). The molecule has 3 heterocycles. The molecule has 0 spiro atoms. The third-order valence-electron chi connectivity index (χ3n) is 5.48. The smallest absolute Gasteiger partial charge is 0.246 e. The average molecular weight is 359 g/mol. The van der Waals surface area contributed by atoms with Crippen LogP contribution in [0.5, 0.6) is 0 Å². The highest BCUT2D eigenvalue weighted by Gasteiger charge is 2.22. The monoisotopic (exact) mass is 359 g/mol. The number of rotatable bonds is 3. The average Bonchev–Trinajstić information content (AvgIpc) is 2.72. The molecule has 2 aromatic rings. The van der Waals surface area contributed by atoms with Crippen molar-refractivity contribution in [2.45, 2.75) is 31.6 Å². The van der Waals surface area contributed by atoms with Crippen LogP contribution in [0, 0.1) is 0 Å². The Morgan fingerprint density at radius 3 is 2.74 bits per heavy atom. The Labute approximate surface area is 160 Å². The van der Waals surface area contributed by atoms with Gasteiger partial charge in [0.2, 0.25) is 5.91 Å². The number of aromatic nitrogens is 1. The first-order valence-electron chi connectivity index (χ1n) is 9.65. The first kappa shape index (κ1) is 17.5. The summed E-state index contributed by atoms with van der Waals surface area (Å²) in [5.41, 5.74) is 4.54. The molecule has 1 saturated heterocycles. The molecule has 0 aliphatic carbocycles. The van der Waals surface area contributed by atoms with Crippen LogP contribution < -0.4 is 5.32 Å². The van der Waals surface area contributed by atoms with Gasteiger partial charge in [0.15, 0.2) is 0 Å². The topological polar surface area (TPSA) is 45.2 Å². The molecular formula is C23H25N3O. The first-order valence-corrected chi connectivity index (χ1v) is 9.65. The van der Waals surface area contributed by atoms with E-state index >= 15 is 0 Å². The van der Waals surface area contributed by atoms with E-state index in [4.69, 9.17) is 0 Å². The van der Waals surface area contributed by atoms with Gasteiger partial charge < -0.3 is 10.2 Å². The minimum absolute atomic E-state index is 0.0886. The predicted octanol–water partition coefficient (Wildman–Crippen LogP) is 4.37. The standard InChI is InChI=1S/C23H25N3O/c1-17-7-9-21-15-18(16-24-23(21)25-17)8-10-22(27)26-13-11-20(12-14-26)19-5-3-2-4-6-19/h2-6,8,10,15-16,20H,1,7,9,11-14H2,(H,24,25)/b10-8+. The van der Waals surface area contributed by atoms with Crippen LogP contribution in [0.4, 0.5) is 5.82 Å². The predicted molar refractivity (Wildman–Crippen MR) is 109 cm³/mol. The van der Waals surface area contributed by atoms with Crippen molar-refractivity contribution in [1.29, 1.82) is 0 Å². The van der Waals surface area contributed by atoms with Crippen LogP contribution in [0.25, 0.3) is 6.08 Å². The Balaban J connectivity index is 1.35. The second-order valence-electron chi connectivity index (χ2n) is 7.35. The molecule has 0 unspecified atom stereocenters. The molecule has 0 saturated carbocycles. The van der Waals surface area contributed by atoms with Crippen molar-refractivity contribution in [3.05, 3.63) is 77.6 Å². The lowest BCUT2D eigenvalue weighted by Crippen LogP contribution is -2.36. The Hall–Kier alpha value is -2.88. The highest BCUT2D eigenvalue weighted by Crippen LogP contribution is 2.28. The fraction of sp³-hybridized carbons (Fsp3) is 0.304. The van der Waals surface area contributed by atoms with Crippen molar-refractivity contribution in [3.63, 3.8) is 0 Å². The highest BCUT2D eigenvalue weighted by atomic mass is 16.2. The van der Waals surface area contributed by atoms with Crippen molar-refractivity contribution < 1.29 is 4.79 Å². The van der Waals surface area contributed by atoms with Crippen molar-refractivity contribution in [2.75, 3.05) is 18.4 Å². The number of benzene rings is 1. The van der Waals surface area contributed by atoms with Crippen LogP contribution in [0.2, 0.25) is 0 Å². The normalized spacial score (nSPS) is 17.6. The zero-order chi connectivity index (χ0) is 18.6. The summed E-state index contributed by atoms with van der Waals surface area (Å²) < 4.78 is 0. The molecule has 1 amide bonds. The molecule has 4 heteroatoms. The number of fused-ring (bicyclic) bond motifs is 1. The fourth-order valence-electron chi connectivity index (χ4n) is 3.87. The second kappa shape index (κ2) is 7.78. The van der Waals surface area contributed by atoms with Gasteiger partial charge in [-0.3, -0.25) is 4.79 Å². The van der Waals surface area contributed by atoms with Gasteiger partial charge in [0.05, 0.1) is 0 Å². The summed E-state index contributed by atoms with van der Waals surface area (Å²) in [6, 6.07) is 12.7. The van der Waals surface area contributed by atoms with E-state index in [-0.39, 0.29) is 5.91 Å². The van der Waals surface area contributed by atoms with E-state index in [9.17, 15) is 4.79 Å². The molecule has 1 aromatic carbocycles. The number of allylic oxidation sites excluding steroid dienone is 1. The summed E-state index contributed by atoms with van der Waals surface area (Å²) in [5, 5.41) is 3.22. The van der Waals surface area contributed by atoms with Crippen LogP contribution in [0.15, 0.2) is 60.9 Å². The number of hydrogen-bond acceptors (Lipinski definition) is 3. The van der Waals surface area contributed by atoms with Gasteiger partial charge in [-0.2, -0.15) is 0 Å². The number of carbonyl (C=O) groups is 1. The van der Waals surface area contributed by atoms with Crippen LogP contribution in [-0.2, 0) is 11.2 Å². The second-order valence-corrected chi connectivity index (χ2v) is 7.35. The summed E-state index contributed by atoms with van der Waals surface area (Å²) >= 11 is 0. The van der Waals surface area contributed by atoms with E-state index < -0.39 is 0 Å². The van der Waals surface area contributed by atoms with Gasteiger partial charge in [-0.1, -0.05) is 36.9 Å². The molecule has 0 radical (unpaired) electrons. The van der Waals surface area contributed by atoms with E-state index in [0.29, 0.717) is 5.92 Å². The number of aryl methyl sites for hydroxylation is 1. The maximum Gasteiger partial charge on any atom is 0.246 e. The molecule has 0 atom stereocenters. The molecule has 1 fully saturated rings. The fourth-order valence-corrected chi connectivity index (χ4v) is 3.87. The maximum absolute atomic E-state index is 12.5. The van der Waals surface area contributed by atoms with E-state index in [2.05, 4.69) is 53.3 Å². The van der Waals surface area contributed by atoms with Gasteiger partial charge >= 0.3 is 0 Å². The molecule has 1 aromatic heterocycles. The third kappa shape index (κ3) is 4.11. The Morgan fingerprint density at radius 2 is 1.96 bits per heavy atom. The van der Waals surface area contributed by atoms with Gasteiger partial charge in [-0.25, -0.2) is 4.98 Å². The third-order valence-corrected chi connectivity index (χ3v) is 5.48. The van der Waals surface area contributed by atoms with Gasteiger partial charge in [-0.15, -0.1) is 0 Å². The number of anilines is 1. The van der Waals surface area contributed by atoms with Crippen molar-refractivity contribution in [1.82, 2.24) is 9.88 Å². The number of likely N-dealkylation sites (tertiary alicyclic amines) is 1. The summed E-state index contributed by atoms with van der Waals surface area (Å²) in [6.45, 7) is 5.59. The number of amides is 1. The Morgan fingerprint density at radius 1 is 1.19 bits per heavy atom. The lowest BCUT2D eigenvalue weighted by Gasteiger charge is -2.31. The summed E-state index contributed by atoms with van der Waals surface area (Å²) in [7, 11) is 0. The van der Waals surface area contributed by atoms with Crippen LogP contribution >= 0.6 is 0 Å². The van der Waals surface area contributed by atoms with E-state index in [1.54, 1.807) is 12.3 Å². The zero-order valence-corrected chi connectivity index (χ0v) is 15.5. The van der Waals surface area contributed by atoms with Crippen molar-refractivity contribution >= 4 is 17.8 Å².